The van der Waals surface area contributed by atoms with Gasteiger partial charge in [0.15, 0.2) is 0 Å². The predicted octanol–water partition coefficient (Wildman–Crippen LogP) is 4.54. The van der Waals surface area contributed by atoms with Gasteiger partial charge in [-0.05, 0) is 46.4 Å². The van der Waals surface area contributed by atoms with Gasteiger partial charge in [-0.2, -0.15) is 5.26 Å². The van der Waals surface area contributed by atoms with Gasteiger partial charge in [-0.3, -0.25) is 4.98 Å². The number of halogens is 1. The van der Waals surface area contributed by atoms with Crippen LogP contribution in [0.1, 0.15) is 4.88 Å². The fraction of sp³-hybridized carbons (Fsp3) is 0. The zero-order valence-electron chi connectivity index (χ0n) is 10.9. The second kappa shape index (κ2) is 5.84. The third kappa shape index (κ3) is 2.64. The van der Waals surface area contributed by atoms with E-state index in [4.69, 9.17) is 5.73 Å². The zero-order valence-corrected chi connectivity index (χ0v) is 13.9. The van der Waals surface area contributed by atoms with Gasteiger partial charge in [-0.15, -0.1) is 11.3 Å². The van der Waals surface area contributed by atoms with Crippen LogP contribution in [-0.2, 0) is 0 Å². The highest BCUT2D eigenvalue weighted by molar-refractivity contribution is 14.1. The number of nitriles is 1. The Kier molecular flexibility index (Phi) is 3.90. The molecule has 3 aromatic rings. The molecule has 2 N–H and O–H groups in total. The van der Waals surface area contributed by atoms with Gasteiger partial charge in [0.25, 0.3) is 0 Å². The van der Waals surface area contributed by atoms with E-state index in [1.165, 1.54) is 14.9 Å². The topological polar surface area (TPSA) is 62.7 Å². The Morgan fingerprint density at radius 1 is 1.14 bits per heavy atom. The summed E-state index contributed by atoms with van der Waals surface area (Å²) in [5, 5.41) is 9.26. The number of rotatable bonds is 2. The van der Waals surface area contributed by atoms with E-state index in [0.29, 0.717) is 10.6 Å². The number of nitrogen functional groups attached to an aromatic ring is 1. The predicted molar refractivity (Wildman–Crippen MR) is 94.8 cm³/mol. The molecule has 0 bridgehead atoms. The molecule has 0 saturated heterocycles. The average Bonchev–Trinajstić information content (AvgIpc) is 2.85. The Morgan fingerprint density at radius 2 is 1.90 bits per heavy atom. The normalized spacial score (nSPS) is 10.3. The molecular weight excluding hydrogens is 393 g/mol. The van der Waals surface area contributed by atoms with Crippen molar-refractivity contribution < 1.29 is 0 Å². The summed E-state index contributed by atoms with van der Waals surface area (Å²) in [6.07, 6.45) is 3.50. The molecule has 0 fully saturated rings. The number of nitrogens with two attached hydrogens (primary N) is 1. The molecule has 102 valence electrons. The highest BCUT2D eigenvalue weighted by atomic mass is 127. The van der Waals surface area contributed by atoms with Crippen LogP contribution in [0, 0.1) is 14.9 Å². The van der Waals surface area contributed by atoms with Crippen molar-refractivity contribution in [3.8, 4) is 27.6 Å². The molecule has 5 heteroatoms. The van der Waals surface area contributed by atoms with Crippen LogP contribution < -0.4 is 5.73 Å². The van der Waals surface area contributed by atoms with E-state index < -0.39 is 0 Å². The molecule has 3 nitrogen and oxygen atoms in total. The largest absolute Gasteiger partial charge is 0.396 e. The van der Waals surface area contributed by atoms with Crippen LogP contribution in [0.4, 0.5) is 5.69 Å². The van der Waals surface area contributed by atoms with Gasteiger partial charge >= 0.3 is 0 Å². The first-order chi connectivity index (χ1) is 10.2. The number of nitrogens with zero attached hydrogens (tertiary/aromatic N) is 2. The fourth-order valence-electron chi connectivity index (χ4n) is 2.13. The molecule has 0 atom stereocenters. The molecule has 1 aromatic carbocycles. The van der Waals surface area contributed by atoms with E-state index in [1.807, 2.05) is 36.4 Å². The van der Waals surface area contributed by atoms with Gasteiger partial charge in [-0.1, -0.05) is 18.2 Å². The third-order valence-electron chi connectivity index (χ3n) is 3.10. The SMILES string of the molecule is N#Cc1sc(-c2ccc(I)cc2)c(-c2cccnc2)c1N. The smallest absolute Gasteiger partial charge is 0.129 e. The van der Waals surface area contributed by atoms with Gasteiger partial charge in [0.2, 0.25) is 0 Å². The summed E-state index contributed by atoms with van der Waals surface area (Å²) in [7, 11) is 0. The lowest BCUT2D eigenvalue weighted by molar-refractivity contribution is 1.33. The number of hydrogen-bond acceptors (Lipinski definition) is 4. The van der Waals surface area contributed by atoms with Crippen LogP contribution in [0.15, 0.2) is 48.8 Å². The van der Waals surface area contributed by atoms with Crippen molar-refractivity contribution >= 4 is 39.6 Å². The molecule has 3 rings (SSSR count). The standard InChI is InChI=1S/C16H10IN3S/c17-12-5-3-10(4-6-12)16-14(11-2-1-7-20-9-11)15(19)13(8-18)21-16/h1-7,9H,19H2. The first-order valence-electron chi connectivity index (χ1n) is 6.19. The van der Waals surface area contributed by atoms with Crippen molar-refractivity contribution in [2.24, 2.45) is 0 Å². The summed E-state index contributed by atoms with van der Waals surface area (Å²) in [6, 6.07) is 14.2. The molecule has 0 radical (unpaired) electrons. The minimum absolute atomic E-state index is 0.532. The molecule has 0 saturated carbocycles. The quantitative estimate of drug-likeness (QED) is 0.640. The zero-order chi connectivity index (χ0) is 14.8. The van der Waals surface area contributed by atoms with E-state index in [-0.39, 0.29) is 0 Å². The minimum Gasteiger partial charge on any atom is -0.396 e. The van der Waals surface area contributed by atoms with Crippen molar-refractivity contribution in [1.82, 2.24) is 4.98 Å². The number of hydrogen-bond donors (Lipinski definition) is 1. The maximum Gasteiger partial charge on any atom is 0.129 e. The summed E-state index contributed by atoms with van der Waals surface area (Å²) in [5.74, 6) is 0. The molecule has 0 unspecified atom stereocenters. The van der Waals surface area contributed by atoms with Gasteiger partial charge in [0.1, 0.15) is 10.9 Å². The van der Waals surface area contributed by atoms with Crippen LogP contribution >= 0.6 is 33.9 Å². The van der Waals surface area contributed by atoms with Gasteiger partial charge in [0, 0.05) is 32.0 Å². The first-order valence-corrected chi connectivity index (χ1v) is 8.09. The number of aromatic nitrogens is 1. The lowest BCUT2D eigenvalue weighted by Gasteiger charge is -2.05. The monoisotopic (exact) mass is 403 g/mol. The fourth-order valence-corrected chi connectivity index (χ4v) is 3.53. The van der Waals surface area contributed by atoms with E-state index in [1.54, 1.807) is 12.4 Å². The Balaban J connectivity index is 2.26. The van der Waals surface area contributed by atoms with Crippen LogP contribution in [0.3, 0.4) is 0 Å². The second-order valence-electron chi connectivity index (χ2n) is 4.41. The molecule has 21 heavy (non-hydrogen) atoms. The van der Waals surface area contributed by atoms with E-state index in [9.17, 15) is 5.26 Å². The summed E-state index contributed by atoms with van der Waals surface area (Å²) in [5.41, 5.74) is 9.59. The van der Waals surface area contributed by atoms with E-state index >= 15 is 0 Å². The highest BCUT2D eigenvalue weighted by Gasteiger charge is 2.18. The average molecular weight is 403 g/mol. The molecule has 0 aliphatic heterocycles. The Morgan fingerprint density at radius 3 is 2.52 bits per heavy atom. The Labute approximate surface area is 140 Å². The minimum atomic E-state index is 0.532. The van der Waals surface area contributed by atoms with Crippen molar-refractivity contribution in [2.75, 3.05) is 5.73 Å². The van der Waals surface area contributed by atoms with E-state index in [0.717, 1.165) is 21.6 Å². The summed E-state index contributed by atoms with van der Waals surface area (Å²) in [6.45, 7) is 0. The number of thiophene rings is 1. The summed E-state index contributed by atoms with van der Waals surface area (Å²) >= 11 is 3.70. The van der Waals surface area contributed by atoms with Crippen molar-refractivity contribution in [1.29, 1.82) is 5.26 Å². The lowest BCUT2D eigenvalue weighted by Crippen LogP contribution is -1.90. The molecule has 0 amide bonds. The van der Waals surface area contributed by atoms with Gasteiger partial charge < -0.3 is 5.73 Å². The van der Waals surface area contributed by atoms with Gasteiger partial charge in [-0.25, -0.2) is 0 Å². The van der Waals surface area contributed by atoms with E-state index in [2.05, 4.69) is 33.6 Å². The number of pyridine rings is 1. The van der Waals surface area contributed by atoms with Crippen LogP contribution in [-0.4, -0.2) is 4.98 Å². The second-order valence-corrected chi connectivity index (χ2v) is 6.68. The maximum atomic E-state index is 9.26. The van der Waals surface area contributed by atoms with Crippen molar-refractivity contribution in [2.45, 2.75) is 0 Å². The van der Waals surface area contributed by atoms with Gasteiger partial charge in [0.05, 0.1) is 5.69 Å². The maximum absolute atomic E-state index is 9.26. The molecule has 2 heterocycles. The summed E-state index contributed by atoms with van der Waals surface area (Å²) < 4.78 is 1.17. The molecule has 0 spiro atoms. The third-order valence-corrected chi connectivity index (χ3v) is 4.98. The highest BCUT2D eigenvalue weighted by Crippen LogP contribution is 2.44. The molecule has 0 aliphatic rings. The molecule has 2 aromatic heterocycles. The van der Waals surface area contributed by atoms with Crippen molar-refractivity contribution in [3.63, 3.8) is 0 Å². The number of anilines is 1. The first kappa shape index (κ1) is 14.0. The van der Waals surface area contributed by atoms with Crippen LogP contribution in [0.5, 0.6) is 0 Å². The molecular formula is C16H10IN3S. The van der Waals surface area contributed by atoms with Crippen molar-refractivity contribution in [3.05, 3.63) is 57.2 Å². The van der Waals surface area contributed by atoms with Crippen LogP contribution in [0.25, 0.3) is 21.6 Å². The summed E-state index contributed by atoms with van der Waals surface area (Å²) in [4.78, 5) is 5.70. The lowest BCUT2D eigenvalue weighted by atomic mass is 10.0. The Bertz CT molecular complexity index is 817. The van der Waals surface area contributed by atoms with Crippen LogP contribution in [0.2, 0.25) is 0 Å². The Hall–Kier alpha value is -1.91. The number of benzene rings is 1. The molecule has 0 aliphatic carbocycles.